The van der Waals surface area contributed by atoms with Crippen molar-refractivity contribution in [3.63, 3.8) is 0 Å². The molecule has 1 aromatic heterocycles. The quantitative estimate of drug-likeness (QED) is 0.900. The molecule has 0 aromatic carbocycles. The first kappa shape index (κ1) is 10.8. The van der Waals surface area contributed by atoms with Gasteiger partial charge in [0.15, 0.2) is 5.82 Å². The van der Waals surface area contributed by atoms with E-state index in [-0.39, 0.29) is 18.0 Å². The van der Waals surface area contributed by atoms with E-state index in [0.29, 0.717) is 4.47 Å². The third-order valence-electron chi connectivity index (χ3n) is 2.48. The number of aromatic nitrogens is 1. The fourth-order valence-electron chi connectivity index (χ4n) is 1.73. The second kappa shape index (κ2) is 4.45. The summed E-state index contributed by atoms with van der Waals surface area (Å²) in [5.41, 5.74) is 5.74. The summed E-state index contributed by atoms with van der Waals surface area (Å²) in [5.74, 6) is -0.373. The molecule has 0 spiro atoms. The molecule has 3 nitrogen and oxygen atoms in total. The first-order valence-electron chi connectivity index (χ1n) is 4.88. The Bertz CT molecular complexity index is 361. The Morgan fingerprint density at radius 3 is 2.93 bits per heavy atom. The lowest BCUT2D eigenvalue weighted by Crippen LogP contribution is -2.19. The van der Waals surface area contributed by atoms with Crippen molar-refractivity contribution >= 4 is 15.9 Å². The molecule has 2 atom stereocenters. The SMILES string of the molecule is NC1CCC(Oc2ncc(Br)cc2F)C1. The average Bonchev–Trinajstić information content (AvgIpc) is 2.56. The van der Waals surface area contributed by atoms with Gasteiger partial charge in [-0.15, -0.1) is 0 Å². The van der Waals surface area contributed by atoms with Crippen LogP contribution < -0.4 is 10.5 Å². The Morgan fingerprint density at radius 1 is 1.53 bits per heavy atom. The molecule has 2 N–H and O–H groups in total. The lowest BCUT2D eigenvalue weighted by molar-refractivity contribution is 0.190. The molecular formula is C10H12BrFN2O. The van der Waals surface area contributed by atoms with Gasteiger partial charge in [-0.3, -0.25) is 0 Å². The molecule has 2 rings (SSSR count). The molecule has 1 aliphatic rings. The van der Waals surface area contributed by atoms with Gasteiger partial charge in [-0.2, -0.15) is 0 Å². The molecule has 5 heteroatoms. The molecule has 0 amide bonds. The minimum atomic E-state index is -0.440. The van der Waals surface area contributed by atoms with Crippen LogP contribution in [0.3, 0.4) is 0 Å². The van der Waals surface area contributed by atoms with Gasteiger partial charge in [-0.25, -0.2) is 9.37 Å². The van der Waals surface area contributed by atoms with Crippen LogP contribution in [0.15, 0.2) is 16.7 Å². The molecule has 1 fully saturated rings. The highest BCUT2D eigenvalue weighted by atomic mass is 79.9. The third-order valence-corrected chi connectivity index (χ3v) is 2.91. The molecule has 82 valence electrons. The third kappa shape index (κ3) is 2.66. The normalized spacial score (nSPS) is 25.5. The Balaban J connectivity index is 2.04. The molecular weight excluding hydrogens is 263 g/mol. The van der Waals surface area contributed by atoms with Crippen LogP contribution in [0.4, 0.5) is 4.39 Å². The minimum absolute atomic E-state index is 0.00294. The van der Waals surface area contributed by atoms with E-state index in [1.807, 2.05) is 0 Å². The molecule has 0 radical (unpaired) electrons. The van der Waals surface area contributed by atoms with Crippen LogP contribution >= 0.6 is 15.9 Å². The van der Waals surface area contributed by atoms with E-state index in [2.05, 4.69) is 20.9 Å². The topological polar surface area (TPSA) is 48.1 Å². The predicted molar refractivity (Wildman–Crippen MR) is 58.1 cm³/mol. The summed E-state index contributed by atoms with van der Waals surface area (Å²) in [7, 11) is 0. The van der Waals surface area contributed by atoms with Crippen LogP contribution in [0.25, 0.3) is 0 Å². The number of rotatable bonds is 2. The zero-order valence-corrected chi connectivity index (χ0v) is 9.71. The van der Waals surface area contributed by atoms with Crippen molar-refractivity contribution in [1.29, 1.82) is 0 Å². The molecule has 1 heterocycles. The van der Waals surface area contributed by atoms with Gasteiger partial charge in [0.05, 0.1) is 0 Å². The van der Waals surface area contributed by atoms with Crippen LogP contribution in [-0.2, 0) is 0 Å². The highest BCUT2D eigenvalue weighted by molar-refractivity contribution is 9.10. The van der Waals surface area contributed by atoms with E-state index >= 15 is 0 Å². The second-order valence-electron chi connectivity index (χ2n) is 3.75. The maximum Gasteiger partial charge on any atom is 0.250 e. The van der Waals surface area contributed by atoms with Crippen molar-refractivity contribution in [2.24, 2.45) is 5.73 Å². The summed E-state index contributed by atoms with van der Waals surface area (Å²) in [6.45, 7) is 0. The zero-order valence-electron chi connectivity index (χ0n) is 8.12. The van der Waals surface area contributed by atoms with E-state index < -0.39 is 5.82 Å². The summed E-state index contributed by atoms with van der Waals surface area (Å²) < 4.78 is 19.4. The van der Waals surface area contributed by atoms with E-state index in [9.17, 15) is 4.39 Å². The molecule has 15 heavy (non-hydrogen) atoms. The first-order chi connectivity index (χ1) is 7.15. The van der Waals surface area contributed by atoms with Crippen molar-refractivity contribution in [3.05, 3.63) is 22.6 Å². The van der Waals surface area contributed by atoms with Gasteiger partial charge in [0.2, 0.25) is 0 Å². The molecule has 2 unspecified atom stereocenters. The van der Waals surface area contributed by atoms with Gasteiger partial charge in [-0.05, 0) is 41.3 Å². The Labute approximate surface area is 96.0 Å². The summed E-state index contributed by atoms with van der Waals surface area (Å²) in [5, 5.41) is 0. The maximum atomic E-state index is 13.4. The Kier molecular flexibility index (Phi) is 3.21. The predicted octanol–water partition coefficient (Wildman–Crippen LogP) is 2.24. The number of nitrogens with zero attached hydrogens (tertiary/aromatic N) is 1. The number of hydrogen-bond acceptors (Lipinski definition) is 3. The van der Waals surface area contributed by atoms with Gasteiger partial charge in [0.1, 0.15) is 6.10 Å². The number of nitrogens with two attached hydrogens (primary N) is 1. The molecule has 0 saturated heterocycles. The van der Waals surface area contributed by atoms with Crippen LogP contribution in [0.5, 0.6) is 5.88 Å². The second-order valence-corrected chi connectivity index (χ2v) is 4.67. The molecule has 0 aliphatic heterocycles. The first-order valence-corrected chi connectivity index (χ1v) is 5.67. The smallest absolute Gasteiger partial charge is 0.250 e. The number of hydrogen-bond donors (Lipinski definition) is 1. The van der Waals surface area contributed by atoms with E-state index in [1.165, 1.54) is 12.3 Å². The Morgan fingerprint density at radius 2 is 2.33 bits per heavy atom. The standard InChI is InChI=1S/C10H12BrFN2O/c11-6-3-9(12)10(14-5-6)15-8-2-1-7(13)4-8/h3,5,7-8H,1-2,4,13H2. The monoisotopic (exact) mass is 274 g/mol. The van der Waals surface area contributed by atoms with Gasteiger partial charge >= 0.3 is 0 Å². The summed E-state index contributed by atoms with van der Waals surface area (Å²) >= 11 is 3.14. The van der Waals surface area contributed by atoms with Gasteiger partial charge in [-0.1, -0.05) is 0 Å². The lowest BCUT2D eigenvalue weighted by atomic mass is 10.3. The van der Waals surface area contributed by atoms with Crippen molar-refractivity contribution in [3.8, 4) is 5.88 Å². The van der Waals surface area contributed by atoms with E-state index in [0.717, 1.165) is 19.3 Å². The molecule has 1 aliphatic carbocycles. The van der Waals surface area contributed by atoms with Crippen molar-refractivity contribution in [2.45, 2.75) is 31.4 Å². The maximum absolute atomic E-state index is 13.4. The molecule has 0 bridgehead atoms. The van der Waals surface area contributed by atoms with Gasteiger partial charge < -0.3 is 10.5 Å². The van der Waals surface area contributed by atoms with Crippen LogP contribution in [0, 0.1) is 5.82 Å². The molecule has 1 aromatic rings. The van der Waals surface area contributed by atoms with Crippen molar-refractivity contribution < 1.29 is 9.13 Å². The van der Waals surface area contributed by atoms with Crippen LogP contribution in [-0.4, -0.2) is 17.1 Å². The van der Waals surface area contributed by atoms with E-state index in [1.54, 1.807) is 0 Å². The van der Waals surface area contributed by atoms with Gasteiger partial charge in [0, 0.05) is 16.7 Å². The minimum Gasteiger partial charge on any atom is -0.472 e. The van der Waals surface area contributed by atoms with Crippen molar-refractivity contribution in [1.82, 2.24) is 4.98 Å². The highest BCUT2D eigenvalue weighted by Gasteiger charge is 2.24. The van der Waals surface area contributed by atoms with E-state index in [4.69, 9.17) is 10.5 Å². The number of pyridine rings is 1. The average molecular weight is 275 g/mol. The molecule has 1 saturated carbocycles. The fourth-order valence-corrected chi connectivity index (χ4v) is 2.03. The summed E-state index contributed by atoms with van der Waals surface area (Å²) in [6, 6.07) is 1.52. The largest absolute Gasteiger partial charge is 0.472 e. The van der Waals surface area contributed by atoms with Crippen molar-refractivity contribution in [2.75, 3.05) is 0 Å². The van der Waals surface area contributed by atoms with Crippen LogP contribution in [0.1, 0.15) is 19.3 Å². The number of ether oxygens (including phenoxy) is 1. The lowest BCUT2D eigenvalue weighted by Gasteiger charge is -2.12. The Hall–Kier alpha value is -0.680. The van der Waals surface area contributed by atoms with Crippen LogP contribution in [0.2, 0.25) is 0 Å². The fraction of sp³-hybridized carbons (Fsp3) is 0.500. The summed E-state index contributed by atoms with van der Waals surface area (Å²) in [6.07, 6.45) is 4.11. The number of halogens is 2. The zero-order chi connectivity index (χ0) is 10.8. The van der Waals surface area contributed by atoms with Gasteiger partial charge in [0.25, 0.3) is 5.88 Å². The summed E-state index contributed by atoms with van der Waals surface area (Å²) in [4.78, 5) is 3.88. The highest BCUT2D eigenvalue weighted by Crippen LogP contribution is 2.25.